The van der Waals surface area contributed by atoms with E-state index in [2.05, 4.69) is 0 Å². The Morgan fingerprint density at radius 1 is 1.24 bits per heavy atom. The fourth-order valence-corrected chi connectivity index (χ4v) is 2.73. The van der Waals surface area contributed by atoms with Gasteiger partial charge in [0.15, 0.2) is 0 Å². The fourth-order valence-electron chi connectivity index (χ4n) is 2.73. The first kappa shape index (κ1) is 15.8. The number of aliphatic hydroxyl groups is 1. The van der Waals surface area contributed by atoms with Gasteiger partial charge in [-0.2, -0.15) is 13.2 Å². The molecule has 1 saturated carbocycles. The maximum absolute atomic E-state index is 12.5. The zero-order valence-electron chi connectivity index (χ0n) is 11.8. The molecule has 0 saturated heterocycles. The number of halogens is 3. The summed E-state index contributed by atoms with van der Waals surface area (Å²) in [4.78, 5) is 13.5. The van der Waals surface area contributed by atoms with Gasteiger partial charge in [-0.15, -0.1) is 0 Å². The van der Waals surface area contributed by atoms with Crippen LogP contribution in [0.15, 0.2) is 24.3 Å². The van der Waals surface area contributed by atoms with E-state index >= 15 is 0 Å². The van der Waals surface area contributed by atoms with Crippen LogP contribution in [0.3, 0.4) is 0 Å². The van der Waals surface area contributed by atoms with E-state index in [0.29, 0.717) is 12.8 Å². The molecule has 0 atom stereocenters. The third-order valence-electron chi connectivity index (χ3n) is 3.87. The third-order valence-corrected chi connectivity index (χ3v) is 3.87. The molecule has 0 aromatic heterocycles. The van der Waals surface area contributed by atoms with Crippen LogP contribution in [0.5, 0.6) is 0 Å². The maximum Gasteiger partial charge on any atom is 0.416 e. The van der Waals surface area contributed by atoms with E-state index in [1.54, 1.807) is 7.05 Å². The van der Waals surface area contributed by atoms with Crippen molar-refractivity contribution in [1.82, 2.24) is 4.90 Å². The van der Waals surface area contributed by atoms with Gasteiger partial charge in [0.2, 0.25) is 0 Å². The molecule has 0 spiro atoms. The van der Waals surface area contributed by atoms with E-state index < -0.39 is 17.3 Å². The average molecular weight is 301 g/mol. The Morgan fingerprint density at radius 3 is 2.24 bits per heavy atom. The number of hydrogen-bond acceptors (Lipinski definition) is 2. The molecular weight excluding hydrogens is 283 g/mol. The molecule has 0 aliphatic heterocycles. The quantitative estimate of drug-likeness (QED) is 0.932. The molecule has 1 fully saturated rings. The highest BCUT2D eigenvalue weighted by Crippen LogP contribution is 2.31. The highest BCUT2D eigenvalue weighted by Gasteiger charge is 2.34. The van der Waals surface area contributed by atoms with Gasteiger partial charge in [-0.1, -0.05) is 12.8 Å². The molecule has 0 bridgehead atoms. The van der Waals surface area contributed by atoms with Gasteiger partial charge < -0.3 is 10.0 Å². The molecule has 116 valence electrons. The molecule has 1 aliphatic rings. The number of likely N-dealkylation sites (N-methyl/N-ethyl adjacent to an activating group) is 1. The van der Waals surface area contributed by atoms with Gasteiger partial charge in [0.25, 0.3) is 5.91 Å². The van der Waals surface area contributed by atoms with Crippen molar-refractivity contribution in [1.29, 1.82) is 0 Å². The minimum Gasteiger partial charge on any atom is -0.388 e. The Hall–Kier alpha value is -1.56. The number of nitrogens with zero attached hydrogens (tertiary/aromatic N) is 1. The summed E-state index contributed by atoms with van der Waals surface area (Å²) in [7, 11) is 1.55. The first-order valence-corrected chi connectivity index (χ1v) is 6.86. The number of alkyl halides is 3. The van der Waals surface area contributed by atoms with Crippen LogP contribution in [-0.2, 0) is 6.18 Å². The van der Waals surface area contributed by atoms with Crippen molar-refractivity contribution >= 4 is 5.91 Å². The molecule has 1 aromatic carbocycles. The van der Waals surface area contributed by atoms with Crippen LogP contribution in [0.1, 0.15) is 41.6 Å². The number of rotatable bonds is 3. The second kappa shape index (κ2) is 5.67. The lowest BCUT2D eigenvalue weighted by Crippen LogP contribution is -2.42. The molecule has 2 rings (SSSR count). The van der Waals surface area contributed by atoms with Crippen molar-refractivity contribution in [2.75, 3.05) is 13.6 Å². The summed E-state index contributed by atoms with van der Waals surface area (Å²) in [5.41, 5.74) is -1.46. The van der Waals surface area contributed by atoms with Gasteiger partial charge in [0.1, 0.15) is 0 Å². The fraction of sp³-hybridized carbons (Fsp3) is 0.533. The van der Waals surface area contributed by atoms with E-state index in [1.165, 1.54) is 17.0 Å². The minimum absolute atomic E-state index is 0.187. The number of benzene rings is 1. The van der Waals surface area contributed by atoms with Crippen LogP contribution < -0.4 is 0 Å². The largest absolute Gasteiger partial charge is 0.416 e. The van der Waals surface area contributed by atoms with Gasteiger partial charge in [-0.05, 0) is 37.1 Å². The Bertz CT molecular complexity index is 505. The van der Waals surface area contributed by atoms with Gasteiger partial charge in [-0.3, -0.25) is 4.79 Å². The van der Waals surface area contributed by atoms with Crippen molar-refractivity contribution in [2.24, 2.45) is 0 Å². The molecular formula is C15H18F3NO2. The smallest absolute Gasteiger partial charge is 0.388 e. The van der Waals surface area contributed by atoms with Crippen LogP contribution in [-0.4, -0.2) is 35.1 Å². The monoisotopic (exact) mass is 301 g/mol. The Morgan fingerprint density at radius 2 is 1.76 bits per heavy atom. The van der Waals surface area contributed by atoms with Crippen LogP contribution in [0, 0.1) is 0 Å². The van der Waals surface area contributed by atoms with Crippen LogP contribution in [0.4, 0.5) is 13.2 Å². The predicted octanol–water partition coefficient (Wildman–Crippen LogP) is 3.08. The molecule has 0 radical (unpaired) electrons. The maximum atomic E-state index is 12.5. The van der Waals surface area contributed by atoms with Gasteiger partial charge in [-0.25, -0.2) is 0 Å². The predicted molar refractivity (Wildman–Crippen MR) is 71.8 cm³/mol. The summed E-state index contributed by atoms with van der Waals surface area (Å²) in [6, 6.07) is 4.12. The molecule has 21 heavy (non-hydrogen) atoms. The number of carbonyl (C=O) groups excluding carboxylic acids is 1. The van der Waals surface area contributed by atoms with E-state index in [4.69, 9.17) is 0 Å². The molecule has 1 aromatic rings. The van der Waals surface area contributed by atoms with Crippen molar-refractivity contribution in [3.05, 3.63) is 35.4 Å². The van der Waals surface area contributed by atoms with E-state index in [9.17, 15) is 23.1 Å². The second-order valence-electron chi connectivity index (χ2n) is 5.67. The SMILES string of the molecule is CN(CC1(O)CCCC1)C(=O)c1ccc(C(F)(F)F)cc1. The number of amides is 1. The summed E-state index contributed by atoms with van der Waals surface area (Å²) < 4.78 is 37.4. The molecule has 3 nitrogen and oxygen atoms in total. The lowest BCUT2D eigenvalue weighted by Gasteiger charge is -2.28. The van der Waals surface area contributed by atoms with Crippen LogP contribution >= 0.6 is 0 Å². The molecule has 1 amide bonds. The second-order valence-corrected chi connectivity index (χ2v) is 5.67. The first-order chi connectivity index (χ1) is 9.71. The zero-order chi connectivity index (χ0) is 15.7. The molecule has 0 unspecified atom stereocenters. The lowest BCUT2D eigenvalue weighted by atomic mass is 10.0. The van der Waals surface area contributed by atoms with Crippen molar-refractivity contribution in [2.45, 2.75) is 37.5 Å². The summed E-state index contributed by atoms with van der Waals surface area (Å²) in [6.45, 7) is 0.201. The zero-order valence-corrected chi connectivity index (χ0v) is 11.8. The Balaban J connectivity index is 2.05. The van der Waals surface area contributed by atoms with Gasteiger partial charge in [0, 0.05) is 19.2 Å². The van der Waals surface area contributed by atoms with Gasteiger partial charge >= 0.3 is 6.18 Å². The Labute approximate surface area is 121 Å². The standard InChI is InChI=1S/C15H18F3NO2/c1-19(10-14(21)8-2-3-9-14)13(20)11-4-6-12(7-5-11)15(16,17)18/h4-7,21H,2-3,8-10H2,1H3. The van der Waals surface area contributed by atoms with E-state index in [1.807, 2.05) is 0 Å². The molecule has 6 heteroatoms. The number of carbonyl (C=O) groups is 1. The van der Waals surface area contributed by atoms with Crippen molar-refractivity contribution < 1.29 is 23.1 Å². The average Bonchev–Trinajstić information content (AvgIpc) is 2.83. The molecule has 1 aliphatic carbocycles. The summed E-state index contributed by atoms with van der Waals surface area (Å²) in [6.07, 6.45) is -1.25. The summed E-state index contributed by atoms with van der Waals surface area (Å²) in [5, 5.41) is 10.3. The molecule has 1 N–H and O–H groups in total. The molecule has 0 heterocycles. The van der Waals surface area contributed by atoms with Crippen LogP contribution in [0.25, 0.3) is 0 Å². The number of hydrogen-bond donors (Lipinski definition) is 1. The van der Waals surface area contributed by atoms with E-state index in [0.717, 1.165) is 25.0 Å². The van der Waals surface area contributed by atoms with E-state index in [-0.39, 0.29) is 18.0 Å². The summed E-state index contributed by atoms with van der Waals surface area (Å²) in [5.74, 6) is -0.385. The topological polar surface area (TPSA) is 40.5 Å². The van der Waals surface area contributed by atoms with Crippen molar-refractivity contribution in [3.8, 4) is 0 Å². The van der Waals surface area contributed by atoms with Gasteiger partial charge in [0.05, 0.1) is 11.2 Å². The van der Waals surface area contributed by atoms with Crippen molar-refractivity contribution in [3.63, 3.8) is 0 Å². The highest BCUT2D eigenvalue weighted by molar-refractivity contribution is 5.94. The Kier molecular flexibility index (Phi) is 4.27. The highest BCUT2D eigenvalue weighted by atomic mass is 19.4. The van der Waals surface area contributed by atoms with Crippen LogP contribution in [0.2, 0.25) is 0 Å². The lowest BCUT2D eigenvalue weighted by molar-refractivity contribution is -0.137. The minimum atomic E-state index is -4.41. The normalized spacial score (nSPS) is 17.8. The first-order valence-electron chi connectivity index (χ1n) is 6.86. The third kappa shape index (κ3) is 3.75. The summed E-state index contributed by atoms with van der Waals surface area (Å²) >= 11 is 0.